The van der Waals surface area contributed by atoms with Crippen molar-refractivity contribution >= 4 is 56.6 Å². The number of unbranched alkanes of at least 4 members (excludes halogenated alkanes) is 1. The van der Waals surface area contributed by atoms with Crippen molar-refractivity contribution in [1.82, 2.24) is 0 Å². The molecule has 6 rings (SSSR count). The van der Waals surface area contributed by atoms with Crippen LogP contribution in [0.2, 0.25) is 0 Å². The number of rotatable bonds is 21. The molecule has 6 aromatic rings. The van der Waals surface area contributed by atoms with Gasteiger partial charge in [-0.3, -0.25) is 14.4 Å². The van der Waals surface area contributed by atoms with Gasteiger partial charge in [0.2, 0.25) is 0 Å². The van der Waals surface area contributed by atoms with E-state index in [1.807, 2.05) is 84.9 Å². The molecule has 0 spiro atoms. The summed E-state index contributed by atoms with van der Waals surface area (Å²) in [5.74, 6) is -1.97. The van der Waals surface area contributed by atoms with Crippen LogP contribution in [0.4, 0.5) is 0 Å². The summed E-state index contributed by atoms with van der Waals surface area (Å²) in [4.78, 5) is 56.3. The average Bonchev–Trinajstić information content (AvgIpc) is 3.38. The van der Waals surface area contributed by atoms with Gasteiger partial charge in [0.05, 0.1) is 40.1 Å². The topological polar surface area (TPSA) is 163 Å². The Balaban J connectivity index is 0.964. The predicted molar refractivity (Wildman–Crippen MR) is 267 cm³/mol. The van der Waals surface area contributed by atoms with Gasteiger partial charge in [0.15, 0.2) is 0 Å². The second-order valence-electron chi connectivity index (χ2n) is 18.4. The van der Waals surface area contributed by atoms with E-state index in [9.17, 15) is 29.5 Å². The first kappa shape index (κ1) is 51.3. The number of carbonyl (C=O) groups excluding carboxylic acids is 4. The molecule has 0 heterocycles. The number of ether oxygens (including phenoxy) is 5. The Labute approximate surface area is 408 Å². The van der Waals surface area contributed by atoms with Crippen molar-refractivity contribution in [3.8, 4) is 11.8 Å². The zero-order valence-corrected chi connectivity index (χ0v) is 40.1. The SMILES string of the molecule is [C-]#[N+]C(C(=O)OCC(C)(C)COC(=O)CCCCC(=O)OCC(C)(C)COC(=O)C(C#N)=C(c1ccc(CO)cc1)c1ccc2ccccc2c1)=C(c1ccc(OC)cc1)c1ccc2ccccc2c1. The molecule has 0 atom stereocenters. The summed E-state index contributed by atoms with van der Waals surface area (Å²) in [5.41, 5.74) is 2.07. The number of aliphatic hydroxyl groups is 1. The van der Waals surface area contributed by atoms with Crippen molar-refractivity contribution in [2.24, 2.45) is 10.8 Å². The van der Waals surface area contributed by atoms with Crippen molar-refractivity contribution in [2.75, 3.05) is 33.5 Å². The molecule has 0 bridgehead atoms. The van der Waals surface area contributed by atoms with Crippen LogP contribution in [-0.2, 0) is 44.7 Å². The average molecular weight is 941 g/mol. The molecular formula is C58H56N2O10. The second-order valence-corrected chi connectivity index (χ2v) is 18.4. The maximum absolute atomic E-state index is 13.6. The largest absolute Gasteiger partial charge is 0.497 e. The normalized spacial score (nSPS) is 12.2. The van der Waals surface area contributed by atoms with E-state index < -0.39 is 34.7 Å². The number of hydrogen-bond donors (Lipinski definition) is 1. The van der Waals surface area contributed by atoms with Crippen LogP contribution < -0.4 is 4.74 Å². The van der Waals surface area contributed by atoms with E-state index in [1.54, 1.807) is 83.3 Å². The van der Waals surface area contributed by atoms with E-state index in [4.69, 9.17) is 30.3 Å². The lowest BCUT2D eigenvalue weighted by Crippen LogP contribution is -2.29. The molecule has 0 amide bonds. The van der Waals surface area contributed by atoms with E-state index in [-0.39, 0.29) is 57.1 Å². The zero-order chi connectivity index (χ0) is 50.3. The third-order valence-electron chi connectivity index (χ3n) is 11.4. The summed E-state index contributed by atoms with van der Waals surface area (Å²) < 4.78 is 27.8. The van der Waals surface area contributed by atoms with Crippen LogP contribution in [0, 0.1) is 28.7 Å². The molecule has 0 aromatic heterocycles. The van der Waals surface area contributed by atoms with Gasteiger partial charge in [-0.1, -0.05) is 137 Å². The fourth-order valence-corrected chi connectivity index (χ4v) is 7.51. The predicted octanol–water partition coefficient (Wildman–Crippen LogP) is 11.0. The van der Waals surface area contributed by atoms with Crippen LogP contribution in [0.5, 0.6) is 5.75 Å². The number of nitrogens with zero attached hydrogens (tertiary/aromatic N) is 2. The number of fused-ring (bicyclic) bond motifs is 2. The summed E-state index contributed by atoms with van der Waals surface area (Å²) >= 11 is 0. The first-order valence-corrected chi connectivity index (χ1v) is 22.9. The lowest BCUT2D eigenvalue weighted by molar-refractivity contribution is -0.153. The maximum Gasteiger partial charge on any atom is 0.349 e. The van der Waals surface area contributed by atoms with Crippen LogP contribution in [-0.4, -0.2) is 62.5 Å². The first-order chi connectivity index (χ1) is 33.6. The third-order valence-corrected chi connectivity index (χ3v) is 11.4. The summed E-state index contributed by atoms with van der Waals surface area (Å²) in [6.07, 6.45) is 0.813. The van der Waals surface area contributed by atoms with Gasteiger partial charge < -0.3 is 28.8 Å². The highest BCUT2D eigenvalue weighted by atomic mass is 16.6. The minimum Gasteiger partial charge on any atom is -0.497 e. The molecule has 12 heteroatoms. The van der Waals surface area contributed by atoms with Gasteiger partial charge in [0, 0.05) is 34.8 Å². The van der Waals surface area contributed by atoms with Crippen molar-refractivity contribution in [2.45, 2.75) is 60.0 Å². The van der Waals surface area contributed by atoms with Crippen LogP contribution in [0.3, 0.4) is 0 Å². The molecule has 70 heavy (non-hydrogen) atoms. The zero-order valence-electron chi connectivity index (χ0n) is 40.1. The molecule has 12 nitrogen and oxygen atoms in total. The van der Waals surface area contributed by atoms with Crippen molar-refractivity contribution in [3.05, 3.63) is 184 Å². The first-order valence-electron chi connectivity index (χ1n) is 22.9. The van der Waals surface area contributed by atoms with Gasteiger partial charge in [-0.15, -0.1) is 0 Å². The van der Waals surface area contributed by atoms with Gasteiger partial charge in [-0.25, -0.2) is 9.64 Å². The summed E-state index contributed by atoms with van der Waals surface area (Å²) in [6, 6.07) is 43.1. The Kier molecular flexibility index (Phi) is 17.4. The van der Waals surface area contributed by atoms with E-state index >= 15 is 0 Å². The highest BCUT2D eigenvalue weighted by Crippen LogP contribution is 2.34. The molecule has 0 aliphatic heterocycles. The second kappa shape index (κ2) is 23.8. The third kappa shape index (κ3) is 13.8. The van der Waals surface area contributed by atoms with Gasteiger partial charge in [-0.05, 0) is 86.5 Å². The number of aliphatic hydroxyl groups excluding tert-OH is 1. The van der Waals surface area contributed by atoms with Crippen molar-refractivity contribution in [3.63, 3.8) is 0 Å². The van der Waals surface area contributed by atoms with Gasteiger partial charge >= 0.3 is 23.9 Å². The minimum atomic E-state index is -0.828. The Morgan fingerprint density at radius 2 is 1.00 bits per heavy atom. The number of benzene rings is 6. The molecule has 0 saturated carbocycles. The number of nitriles is 1. The van der Waals surface area contributed by atoms with Gasteiger partial charge in [0.1, 0.15) is 24.0 Å². The lowest BCUT2D eigenvalue weighted by Gasteiger charge is -2.24. The Bertz CT molecular complexity index is 2800. The fourth-order valence-electron chi connectivity index (χ4n) is 7.51. The van der Waals surface area contributed by atoms with Gasteiger partial charge in [0.25, 0.3) is 5.70 Å². The monoisotopic (exact) mass is 940 g/mol. The lowest BCUT2D eigenvalue weighted by atomic mass is 9.91. The Morgan fingerprint density at radius 1 is 0.571 bits per heavy atom. The summed E-state index contributed by atoms with van der Waals surface area (Å²) in [6.45, 7) is 14.6. The summed E-state index contributed by atoms with van der Waals surface area (Å²) in [7, 11) is 1.56. The fraction of sp³-hybridized carbons (Fsp3) is 0.276. The number of carbonyl (C=O) groups is 4. The molecule has 0 radical (unpaired) electrons. The molecule has 358 valence electrons. The van der Waals surface area contributed by atoms with E-state index in [0.717, 1.165) is 21.5 Å². The minimum absolute atomic E-state index is 0.0464. The molecule has 6 aromatic carbocycles. The Morgan fingerprint density at radius 3 is 1.47 bits per heavy atom. The van der Waals surface area contributed by atoms with E-state index in [0.29, 0.717) is 57.6 Å². The molecular weight excluding hydrogens is 885 g/mol. The van der Waals surface area contributed by atoms with E-state index in [1.165, 1.54) is 0 Å². The van der Waals surface area contributed by atoms with Crippen molar-refractivity contribution in [1.29, 1.82) is 5.26 Å². The number of hydrogen-bond acceptors (Lipinski definition) is 11. The molecule has 0 fully saturated rings. The molecule has 0 saturated heterocycles. The maximum atomic E-state index is 13.6. The molecule has 0 unspecified atom stereocenters. The number of methoxy groups -OCH3 is 1. The van der Waals surface area contributed by atoms with Crippen LogP contribution in [0.15, 0.2) is 145 Å². The standard InChI is InChI=1S/C58H56N2O10/c1-57(2,37-69-55(64)49(33-59)52(42-21-19-39(34-61)20-22-42)46-25-23-40-13-7-9-15-44(40)31-46)35-67-50(62)17-11-12-18-51(63)68-36-58(3,4)38-70-56(65)54(60-5)53(43-27-29-48(66-6)30-28-43)47-26-24-41-14-8-10-16-45(41)32-47/h7-10,13-16,19-32,61H,11-12,17-18,34-38H2,1-4,6H3. The van der Waals surface area contributed by atoms with Crippen LogP contribution in [0.1, 0.15) is 81.2 Å². The highest BCUT2D eigenvalue weighted by molar-refractivity contribution is 6.06. The molecule has 0 aliphatic carbocycles. The Hall–Kier alpha value is -8.06. The highest BCUT2D eigenvalue weighted by Gasteiger charge is 2.28. The molecule has 0 aliphatic rings. The number of esters is 4. The molecule has 1 N–H and O–H groups in total. The van der Waals surface area contributed by atoms with E-state index in [2.05, 4.69) is 10.9 Å². The van der Waals surface area contributed by atoms with Crippen molar-refractivity contribution < 1.29 is 48.0 Å². The van der Waals surface area contributed by atoms with Crippen LogP contribution >= 0.6 is 0 Å². The quantitative estimate of drug-likeness (QED) is 0.0182. The smallest absolute Gasteiger partial charge is 0.349 e. The van der Waals surface area contributed by atoms with Gasteiger partial charge in [-0.2, -0.15) is 5.26 Å². The van der Waals surface area contributed by atoms with Crippen LogP contribution in [0.25, 0.3) is 37.5 Å². The summed E-state index contributed by atoms with van der Waals surface area (Å²) in [5, 5.41) is 23.8.